The Kier molecular flexibility index (Phi) is 4.62. The number of aryl methyl sites for hydroxylation is 1. The molecule has 0 amide bonds. The number of isocyanates is 2. The van der Waals surface area contributed by atoms with Crippen molar-refractivity contribution >= 4 is 34.9 Å². The average molecular weight is 278 g/mol. The lowest BCUT2D eigenvalue weighted by Crippen LogP contribution is -1.74. The van der Waals surface area contributed by atoms with Crippen LogP contribution in [0.25, 0.3) is 0 Å². The average Bonchev–Trinajstić information content (AvgIpc) is 2.47. The van der Waals surface area contributed by atoms with Gasteiger partial charge in [0.1, 0.15) is 0 Å². The summed E-state index contributed by atoms with van der Waals surface area (Å²) in [5, 5.41) is 8.21. The lowest BCUT2D eigenvalue weighted by molar-refractivity contribution is 0.564. The van der Waals surface area contributed by atoms with Crippen LogP contribution >= 0.6 is 0 Å². The third-order valence-corrected chi connectivity index (χ3v) is 2.63. The van der Waals surface area contributed by atoms with Gasteiger partial charge in [-0.2, -0.15) is 20.2 Å². The van der Waals surface area contributed by atoms with Crippen molar-refractivity contribution in [1.29, 1.82) is 0 Å². The molecule has 0 aliphatic carbocycles. The maximum Gasteiger partial charge on any atom is 0.240 e. The molecule has 6 heteroatoms. The molecule has 0 saturated carbocycles. The number of azo groups is 1. The van der Waals surface area contributed by atoms with Gasteiger partial charge in [-0.3, -0.25) is 0 Å². The van der Waals surface area contributed by atoms with E-state index in [4.69, 9.17) is 0 Å². The van der Waals surface area contributed by atoms with Crippen LogP contribution in [-0.4, -0.2) is 12.2 Å². The normalized spacial score (nSPS) is 9.95. The number of hydrogen-bond acceptors (Lipinski definition) is 6. The Balaban J connectivity index is 2.27. The summed E-state index contributed by atoms with van der Waals surface area (Å²) in [5.41, 5.74) is 3.04. The molecule has 0 bridgehead atoms. The molecule has 0 aliphatic rings. The second-order valence-electron chi connectivity index (χ2n) is 4.10. The Morgan fingerprint density at radius 3 is 2.14 bits per heavy atom. The van der Waals surface area contributed by atoms with E-state index in [2.05, 4.69) is 20.2 Å². The highest BCUT2D eigenvalue weighted by atomic mass is 16.1. The first kappa shape index (κ1) is 14.2. The van der Waals surface area contributed by atoms with E-state index < -0.39 is 0 Å². The van der Waals surface area contributed by atoms with Crippen molar-refractivity contribution in [3.8, 4) is 0 Å². The second-order valence-corrected chi connectivity index (χ2v) is 4.10. The Bertz CT molecular complexity index is 786. The van der Waals surface area contributed by atoms with Crippen LogP contribution in [0.2, 0.25) is 0 Å². The van der Waals surface area contributed by atoms with Crippen molar-refractivity contribution in [3.63, 3.8) is 0 Å². The number of benzene rings is 2. The van der Waals surface area contributed by atoms with E-state index in [9.17, 15) is 9.59 Å². The van der Waals surface area contributed by atoms with Crippen molar-refractivity contribution in [1.82, 2.24) is 0 Å². The molecule has 2 rings (SSSR count). The fourth-order valence-electron chi connectivity index (χ4n) is 1.66. The van der Waals surface area contributed by atoms with Crippen LogP contribution in [-0.2, 0) is 9.59 Å². The van der Waals surface area contributed by atoms with Gasteiger partial charge in [-0.15, -0.1) is 0 Å². The SMILES string of the molecule is Cc1cc(N=C=O)ccc1N=Nc1cccc(N=C=O)c1. The largest absolute Gasteiger partial charge is 0.240 e. The molecule has 2 aromatic carbocycles. The van der Waals surface area contributed by atoms with E-state index in [1.165, 1.54) is 12.2 Å². The minimum Gasteiger partial charge on any atom is -0.211 e. The Morgan fingerprint density at radius 2 is 1.48 bits per heavy atom. The summed E-state index contributed by atoms with van der Waals surface area (Å²) in [6.07, 6.45) is 2.96. The molecule has 0 unspecified atom stereocenters. The molecule has 6 nitrogen and oxygen atoms in total. The molecule has 0 spiro atoms. The number of carbonyl (C=O) groups excluding carboxylic acids is 2. The van der Waals surface area contributed by atoms with Crippen LogP contribution in [0.1, 0.15) is 5.56 Å². The van der Waals surface area contributed by atoms with Crippen LogP contribution in [0.15, 0.2) is 62.7 Å². The third-order valence-electron chi connectivity index (χ3n) is 2.63. The molecule has 102 valence electrons. The summed E-state index contributed by atoms with van der Waals surface area (Å²) in [4.78, 5) is 27.5. The molecule has 0 radical (unpaired) electrons. The lowest BCUT2D eigenvalue weighted by atomic mass is 10.2. The summed E-state index contributed by atoms with van der Waals surface area (Å²) >= 11 is 0. The molecule has 0 heterocycles. The summed E-state index contributed by atoms with van der Waals surface area (Å²) < 4.78 is 0. The van der Waals surface area contributed by atoms with E-state index in [1.807, 2.05) is 6.92 Å². The fraction of sp³-hybridized carbons (Fsp3) is 0.0667. The Hall–Kier alpha value is -3.20. The van der Waals surface area contributed by atoms with Crippen molar-refractivity contribution < 1.29 is 9.59 Å². The second kappa shape index (κ2) is 6.82. The van der Waals surface area contributed by atoms with Gasteiger partial charge in [-0.05, 0) is 48.9 Å². The van der Waals surface area contributed by atoms with E-state index in [-0.39, 0.29) is 0 Å². The molecule has 0 aliphatic heterocycles. The van der Waals surface area contributed by atoms with Crippen LogP contribution in [0.5, 0.6) is 0 Å². The van der Waals surface area contributed by atoms with Crippen molar-refractivity contribution in [2.75, 3.05) is 0 Å². The quantitative estimate of drug-likeness (QED) is 0.473. The minimum atomic E-state index is 0.467. The molecular weight excluding hydrogens is 268 g/mol. The maximum atomic E-state index is 10.2. The molecular formula is C15H10N4O2. The monoisotopic (exact) mass is 278 g/mol. The summed E-state index contributed by atoms with van der Waals surface area (Å²) in [5.74, 6) is 0. The molecule has 0 N–H and O–H groups in total. The Labute approximate surface area is 120 Å². The highest BCUT2D eigenvalue weighted by Crippen LogP contribution is 2.27. The number of aliphatic imine (C=N–C) groups is 2. The lowest BCUT2D eigenvalue weighted by Gasteiger charge is -1.99. The topological polar surface area (TPSA) is 83.6 Å². The standard InChI is InChI=1S/C15H10N4O2/c1-11-7-13(17-10-21)5-6-15(11)19-18-14-4-2-3-12(8-14)16-9-20/h2-8H,1H3. The molecule has 2 aromatic rings. The number of hydrogen-bond donors (Lipinski definition) is 0. The summed E-state index contributed by atoms with van der Waals surface area (Å²) in [7, 11) is 0. The van der Waals surface area contributed by atoms with Gasteiger partial charge in [-0.25, -0.2) is 9.59 Å². The number of rotatable bonds is 4. The molecule has 0 fully saturated rings. The third kappa shape index (κ3) is 3.88. The van der Waals surface area contributed by atoms with Gasteiger partial charge in [0.15, 0.2) is 0 Å². The van der Waals surface area contributed by atoms with Gasteiger partial charge < -0.3 is 0 Å². The molecule has 0 atom stereocenters. The smallest absolute Gasteiger partial charge is 0.211 e. The van der Waals surface area contributed by atoms with E-state index in [0.29, 0.717) is 22.7 Å². The zero-order valence-electron chi connectivity index (χ0n) is 11.1. The Morgan fingerprint density at radius 1 is 0.810 bits per heavy atom. The van der Waals surface area contributed by atoms with Gasteiger partial charge in [0, 0.05) is 0 Å². The van der Waals surface area contributed by atoms with E-state index in [0.717, 1.165) is 5.56 Å². The van der Waals surface area contributed by atoms with Gasteiger partial charge >= 0.3 is 0 Å². The van der Waals surface area contributed by atoms with Gasteiger partial charge in [0.25, 0.3) is 0 Å². The van der Waals surface area contributed by atoms with Gasteiger partial charge in [0.05, 0.1) is 22.7 Å². The highest BCUT2D eigenvalue weighted by molar-refractivity contribution is 5.58. The van der Waals surface area contributed by atoms with E-state index in [1.54, 1.807) is 42.5 Å². The summed E-state index contributed by atoms with van der Waals surface area (Å²) in [6.45, 7) is 1.84. The van der Waals surface area contributed by atoms with Crippen LogP contribution < -0.4 is 0 Å². The zero-order valence-corrected chi connectivity index (χ0v) is 11.1. The van der Waals surface area contributed by atoms with Crippen LogP contribution in [0.3, 0.4) is 0 Å². The maximum absolute atomic E-state index is 10.2. The highest BCUT2D eigenvalue weighted by Gasteiger charge is 1.99. The first-order valence-electron chi connectivity index (χ1n) is 6.01. The van der Waals surface area contributed by atoms with Crippen molar-refractivity contribution in [2.45, 2.75) is 6.92 Å². The molecule has 21 heavy (non-hydrogen) atoms. The van der Waals surface area contributed by atoms with Gasteiger partial charge in [-0.1, -0.05) is 6.07 Å². The van der Waals surface area contributed by atoms with E-state index >= 15 is 0 Å². The predicted octanol–water partition coefficient (Wildman–Crippen LogP) is 4.35. The first-order valence-corrected chi connectivity index (χ1v) is 6.01. The van der Waals surface area contributed by atoms with Gasteiger partial charge in [0.2, 0.25) is 12.2 Å². The van der Waals surface area contributed by atoms with Crippen LogP contribution in [0.4, 0.5) is 22.7 Å². The molecule has 0 aromatic heterocycles. The fourth-order valence-corrected chi connectivity index (χ4v) is 1.66. The van der Waals surface area contributed by atoms with Crippen molar-refractivity contribution in [3.05, 3.63) is 48.0 Å². The van der Waals surface area contributed by atoms with Crippen LogP contribution in [0, 0.1) is 6.92 Å². The summed E-state index contributed by atoms with van der Waals surface area (Å²) in [6, 6.07) is 11.8. The minimum absolute atomic E-state index is 0.467. The molecule has 0 saturated heterocycles. The van der Waals surface area contributed by atoms with Crippen molar-refractivity contribution in [2.24, 2.45) is 20.2 Å². The number of nitrogens with zero attached hydrogens (tertiary/aromatic N) is 4. The predicted molar refractivity (Wildman–Crippen MR) is 77.4 cm³/mol. The first-order chi connectivity index (χ1) is 10.2. The zero-order chi connectivity index (χ0) is 15.1.